The van der Waals surface area contributed by atoms with Gasteiger partial charge in [-0.15, -0.1) is 0 Å². The average Bonchev–Trinajstić information content (AvgIpc) is 2.47. The molecule has 4 heteroatoms. The van der Waals surface area contributed by atoms with Gasteiger partial charge in [0.15, 0.2) is 0 Å². The molecule has 0 amide bonds. The van der Waals surface area contributed by atoms with Crippen molar-refractivity contribution < 1.29 is 4.39 Å². The molecule has 0 aliphatic heterocycles. The minimum atomic E-state index is -0.223. The Morgan fingerprint density at radius 1 is 1.29 bits per heavy atom. The monoisotopic (exact) mass is 369 g/mol. The zero-order chi connectivity index (χ0) is 15.4. The van der Waals surface area contributed by atoms with E-state index in [1.807, 2.05) is 37.3 Å². The first kappa shape index (κ1) is 16.5. The molecule has 0 spiro atoms. The van der Waals surface area contributed by atoms with Crippen LogP contribution in [0.25, 0.3) is 0 Å². The molecule has 1 atom stereocenters. The molecular weight excluding hydrogens is 353 g/mol. The van der Waals surface area contributed by atoms with Gasteiger partial charge in [-0.1, -0.05) is 42.8 Å². The Morgan fingerprint density at radius 3 is 2.71 bits per heavy atom. The summed E-state index contributed by atoms with van der Waals surface area (Å²) in [6.07, 6.45) is 0.985. The zero-order valence-corrected chi connectivity index (χ0v) is 14.4. The number of halogens is 3. The number of hydrogen-bond donors (Lipinski definition) is 1. The van der Waals surface area contributed by atoms with Crippen LogP contribution >= 0.6 is 27.5 Å². The maximum absolute atomic E-state index is 14.4. The summed E-state index contributed by atoms with van der Waals surface area (Å²) in [5.74, 6) is -0.223. The fraction of sp³-hybridized carbons (Fsp3) is 0.294. The smallest absolute Gasteiger partial charge is 0.142 e. The predicted molar refractivity (Wildman–Crippen MR) is 90.4 cm³/mol. The van der Waals surface area contributed by atoms with Crippen LogP contribution in [0.1, 0.15) is 36.1 Å². The van der Waals surface area contributed by atoms with Crippen LogP contribution in [0.15, 0.2) is 40.9 Å². The number of rotatable bonds is 5. The van der Waals surface area contributed by atoms with Gasteiger partial charge in [0.25, 0.3) is 0 Å². The maximum atomic E-state index is 14.4. The van der Waals surface area contributed by atoms with Crippen LogP contribution in [0, 0.1) is 12.7 Å². The summed E-state index contributed by atoms with van der Waals surface area (Å²) in [7, 11) is 0. The minimum absolute atomic E-state index is 0.182. The number of nitrogens with one attached hydrogen (secondary N) is 1. The lowest BCUT2D eigenvalue weighted by atomic mass is 9.96. The van der Waals surface area contributed by atoms with E-state index in [2.05, 4.69) is 28.2 Å². The van der Waals surface area contributed by atoms with Gasteiger partial charge < -0.3 is 5.32 Å². The van der Waals surface area contributed by atoms with Crippen LogP contribution in [-0.2, 0) is 0 Å². The van der Waals surface area contributed by atoms with Crippen molar-refractivity contribution in [1.82, 2.24) is 5.32 Å². The summed E-state index contributed by atoms with van der Waals surface area (Å²) in [5.41, 5.74) is 2.65. The summed E-state index contributed by atoms with van der Waals surface area (Å²) >= 11 is 9.35. The van der Waals surface area contributed by atoms with Crippen molar-refractivity contribution in [2.24, 2.45) is 0 Å². The van der Waals surface area contributed by atoms with Crippen molar-refractivity contribution >= 4 is 27.5 Å². The lowest BCUT2D eigenvalue weighted by molar-refractivity contribution is 0.543. The van der Waals surface area contributed by atoms with Gasteiger partial charge in [-0.05, 0) is 59.1 Å². The molecule has 1 nitrogen and oxygen atoms in total. The van der Waals surface area contributed by atoms with Gasteiger partial charge >= 0.3 is 0 Å². The Hall–Kier alpha value is -0.900. The van der Waals surface area contributed by atoms with Crippen LogP contribution in [-0.4, -0.2) is 6.54 Å². The normalized spacial score (nSPS) is 12.4. The Balaban J connectivity index is 2.47. The highest BCUT2D eigenvalue weighted by molar-refractivity contribution is 9.10. The maximum Gasteiger partial charge on any atom is 0.142 e. The number of hydrogen-bond acceptors (Lipinski definition) is 1. The van der Waals surface area contributed by atoms with E-state index in [1.54, 1.807) is 6.07 Å². The van der Waals surface area contributed by atoms with Crippen LogP contribution in [0.4, 0.5) is 4.39 Å². The van der Waals surface area contributed by atoms with E-state index < -0.39 is 0 Å². The van der Waals surface area contributed by atoms with Crippen LogP contribution in [0.2, 0.25) is 5.02 Å². The zero-order valence-electron chi connectivity index (χ0n) is 12.1. The molecule has 0 heterocycles. The van der Waals surface area contributed by atoms with E-state index in [-0.39, 0.29) is 11.9 Å². The molecular formula is C17H18BrClFN. The van der Waals surface area contributed by atoms with Crippen molar-refractivity contribution in [3.8, 4) is 0 Å². The van der Waals surface area contributed by atoms with Crippen molar-refractivity contribution in [3.05, 3.63) is 68.4 Å². The van der Waals surface area contributed by atoms with Gasteiger partial charge in [0.05, 0.1) is 10.5 Å². The highest BCUT2D eigenvalue weighted by Crippen LogP contribution is 2.30. The van der Waals surface area contributed by atoms with Gasteiger partial charge in [-0.2, -0.15) is 0 Å². The number of aryl methyl sites for hydroxylation is 1. The van der Waals surface area contributed by atoms with Crippen LogP contribution < -0.4 is 5.32 Å². The predicted octanol–water partition coefficient (Wildman–Crippen LogP) is 5.64. The number of benzene rings is 2. The molecule has 0 saturated heterocycles. The van der Waals surface area contributed by atoms with E-state index in [1.165, 1.54) is 0 Å². The van der Waals surface area contributed by atoms with E-state index in [0.29, 0.717) is 10.0 Å². The summed E-state index contributed by atoms with van der Waals surface area (Å²) in [6.45, 7) is 4.87. The highest BCUT2D eigenvalue weighted by Gasteiger charge is 2.19. The van der Waals surface area contributed by atoms with Crippen molar-refractivity contribution in [3.63, 3.8) is 0 Å². The second-order valence-corrected chi connectivity index (χ2v) is 6.30. The first-order valence-corrected chi connectivity index (χ1v) is 8.15. The molecule has 21 heavy (non-hydrogen) atoms. The molecule has 2 aromatic rings. The molecule has 0 saturated carbocycles. The van der Waals surface area contributed by atoms with Gasteiger partial charge in [-0.25, -0.2) is 4.39 Å². The molecule has 0 aromatic heterocycles. The average molecular weight is 371 g/mol. The standard InChI is InChI=1S/C17H18BrClFN/c1-3-9-21-17(12-7-8-15(19)11(2)10-12)13-5-4-6-14(18)16(13)20/h4-8,10,17,21H,3,9H2,1-2H3. The second kappa shape index (κ2) is 7.39. The first-order chi connectivity index (χ1) is 10.0. The van der Waals surface area contributed by atoms with Gasteiger partial charge in [-0.3, -0.25) is 0 Å². The largest absolute Gasteiger partial charge is 0.306 e. The van der Waals surface area contributed by atoms with Gasteiger partial charge in [0.1, 0.15) is 5.82 Å². The minimum Gasteiger partial charge on any atom is -0.306 e. The van der Waals surface area contributed by atoms with Crippen LogP contribution in [0.3, 0.4) is 0 Å². The van der Waals surface area contributed by atoms with Gasteiger partial charge in [0, 0.05) is 10.6 Å². The van der Waals surface area contributed by atoms with E-state index >= 15 is 0 Å². The SMILES string of the molecule is CCCNC(c1ccc(Cl)c(C)c1)c1cccc(Br)c1F. The van der Waals surface area contributed by atoms with Gasteiger partial charge in [0.2, 0.25) is 0 Å². The van der Waals surface area contributed by atoms with Crippen LogP contribution in [0.5, 0.6) is 0 Å². The third kappa shape index (κ3) is 3.85. The Morgan fingerprint density at radius 2 is 2.05 bits per heavy atom. The fourth-order valence-corrected chi connectivity index (χ4v) is 2.79. The quantitative estimate of drug-likeness (QED) is 0.718. The molecule has 2 rings (SSSR count). The molecule has 2 aromatic carbocycles. The lowest BCUT2D eigenvalue weighted by Gasteiger charge is -2.21. The molecule has 0 aliphatic rings. The molecule has 0 bridgehead atoms. The Labute approximate surface area is 138 Å². The Kier molecular flexibility index (Phi) is 5.80. The third-order valence-electron chi connectivity index (χ3n) is 3.41. The second-order valence-electron chi connectivity index (χ2n) is 5.04. The van der Waals surface area contributed by atoms with Crippen molar-refractivity contribution in [1.29, 1.82) is 0 Å². The summed E-state index contributed by atoms with van der Waals surface area (Å²) in [6, 6.07) is 11.0. The molecule has 0 fully saturated rings. The molecule has 0 aliphatic carbocycles. The molecule has 0 radical (unpaired) electrons. The van der Waals surface area contributed by atoms with E-state index in [9.17, 15) is 4.39 Å². The molecule has 1 unspecified atom stereocenters. The van der Waals surface area contributed by atoms with E-state index in [4.69, 9.17) is 11.6 Å². The Bertz CT molecular complexity index is 630. The topological polar surface area (TPSA) is 12.0 Å². The van der Waals surface area contributed by atoms with Crippen molar-refractivity contribution in [2.45, 2.75) is 26.3 Å². The lowest BCUT2D eigenvalue weighted by Crippen LogP contribution is -2.24. The highest BCUT2D eigenvalue weighted by atomic mass is 79.9. The van der Waals surface area contributed by atoms with E-state index in [0.717, 1.165) is 29.1 Å². The molecule has 1 N–H and O–H groups in total. The summed E-state index contributed by atoms with van der Waals surface area (Å²) in [4.78, 5) is 0. The van der Waals surface area contributed by atoms with Crippen molar-refractivity contribution in [2.75, 3.05) is 6.54 Å². The summed E-state index contributed by atoms with van der Waals surface area (Å²) in [5, 5.41) is 4.14. The summed E-state index contributed by atoms with van der Waals surface area (Å²) < 4.78 is 14.9. The first-order valence-electron chi connectivity index (χ1n) is 6.98. The third-order valence-corrected chi connectivity index (χ3v) is 4.44. The molecule has 112 valence electrons. The fourth-order valence-electron chi connectivity index (χ4n) is 2.29.